The van der Waals surface area contributed by atoms with Crippen LogP contribution in [0.4, 0.5) is 5.69 Å². The van der Waals surface area contributed by atoms with Gasteiger partial charge in [0.25, 0.3) is 5.89 Å². The minimum atomic E-state index is -0.00706. The van der Waals surface area contributed by atoms with Crippen molar-refractivity contribution in [3.63, 3.8) is 0 Å². The van der Waals surface area contributed by atoms with Gasteiger partial charge in [-0.1, -0.05) is 36.4 Å². The Hall–Kier alpha value is -2.66. The number of anilines is 1. The van der Waals surface area contributed by atoms with Crippen LogP contribution in [0.2, 0.25) is 0 Å². The molecule has 0 N–H and O–H groups in total. The van der Waals surface area contributed by atoms with Crippen LogP contribution in [-0.4, -0.2) is 17.2 Å². The smallest absolute Gasteiger partial charge is 0.257 e. The van der Waals surface area contributed by atoms with Crippen LogP contribution in [0.1, 0.15) is 18.9 Å². The Morgan fingerprint density at radius 1 is 1.00 bits per heavy atom. The van der Waals surface area contributed by atoms with Gasteiger partial charge in [0.15, 0.2) is 0 Å². The van der Waals surface area contributed by atoms with Gasteiger partial charge in [0.1, 0.15) is 6.04 Å². The molecule has 0 aliphatic rings. The van der Waals surface area contributed by atoms with Crippen molar-refractivity contribution in [1.29, 1.82) is 0 Å². The SMILES string of the molecule is CC(c1nnc(-c2cccs2)o1)N(C)c1ccc2ccccc2c1. The van der Waals surface area contributed by atoms with Gasteiger partial charge in [-0.15, -0.1) is 21.5 Å². The Morgan fingerprint density at radius 3 is 2.62 bits per heavy atom. The van der Waals surface area contributed by atoms with Crippen molar-refractivity contribution in [2.24, 2.45) is 0 Å². The van der Waals surface area contributed by atoms with Crippen LogP contribution >= 0.6 is 11.3 Å². The molecule has 2 heterocycles. The number of thiophene rings is 1. The monoisotopic (exact) mass is 335 g/mol. The molecule has 120 valence electrons. The summed E-state index contributed by atoms with van der Waals surface area (Å²) < 4.78 is 5.87. The zero-order valence-electron chi connectivity index (χ0n) is 13.5. The zero-order valence-corrected chi connectivity index (χ0v) is 14.3. The molecule has 0 aliphatic carbocycles. The van der Waals surface area contributed by atoms with Crippen molar-refractivity contribution < 1.29 is 4.42 Å². The largest absolute Gasteiger partial charge is 0.418 e. The van der Waals surface area contributed by atoms with Crippen LogP contribution in [-0.2, 0) is 0 Å². The average Bonchev–Trinajstić information content (AvgIpc) is 3.31. The quantitative estimate of drug-likeness (QED) is 0.517. The van der Waals surface area contributed by atoms with Crippen LogP contribution in [0.15, 0.2) is 64.4 Å². The van der Waals surface area contributed by atoms with Crippen molar-refractivity contribution in [1.82, 2.24) is 10.2 Å². The molecule has 2 aromatic heterocycles. The van der Waals surface area contributed by atoms with Crippen LogP contribution in [0.3, 0.4) is 0 Å². The molecular formula is C19H17N3OS. The van der Waals surface area contributed by atoms with E-state index in [1.165, 1.54) is 10.8 Å². The maximum atomic E-state index is 5.87. The minimum absolute atomic E-state index is 0.00706. The Bertz CT molecular complexity index is 962. The Morgan fingerprint density at radius 2 is 1.83 bits per heavy atom. The van der Waals surface area contributed by atoms with E-state index in [1.807, 2.05) is 24.6 Å². The normalized spacial score (nSPS) is 12.4. The highest BCUT2D eigenvalue weighted by Crippen LogP contribution is 2.30. The summed E-state index contributed by atoms with van der Waals surface area (Å²) >= 11 is 1.60. The highest BCUT2D eigenvalue weighted by Gasteiger charge is 2.20. The van der Waals surface area contributed by atoms with E-state index in [0.29, 0.717) is 11.8 Å². The summed E-state index contributed by atoms with van der Waals surface area (Å²) in [5, 5.41) is 12.9. The van der Waals surface area contributed by atoms with Crippen LogP contribution in [0, 0.1) is 0 Å². The van der Waals surface area contributed by atoms with Gasteiger partial charge in [-0.2, -0.15) is 0 Å². The molecule has 24 heavy (non-hydrogen) atoms. The summed E-state index contributed by atoms with van der Waals surface area (Å²) in [6.45, 7) is 2.07. The lowest BCUT2D eigenvalue weighted by Crippen LogP contribution is -2.21. The Kier molecular flexibility index (Phi) is 3.78. The van der Waals surface area contributed by atoms with Crippen molar-refractivity contribution in [3.05, 3.63) is 65.9 Å². The molecule has 4 nitrogen and oxygen atoms in total. The fourth-order valence-corrected chi connectivity index (χ4v) is 3.33. The second kappa shape index (κ2) is 6.09. The molecule has 0 bridgehead atoms. The molecular weight excluding hydrogens is 318 g/mol. The number of hydrogen-bond acceptors (Lipinski definition) is 5. The molecule has 4 rings (SSSR count). The first kappa shape index (κ1) is 14.9. The van der Waals surface area contributed by atoms with Crippen molar-refractivity contribution in [2.75, 3.05) is 11.9 Å². The molecule has 1 atom stereocenters. The van der Waals surface area contributed by atoms with Crippen LogP contribution < -0.4 is 4.90 Å². The first-order chi connectivity index (χ1) is 11.7. The van der Waals surface area contributed by atoms with Gasteiger partial charge in [0, 0.05) is 12.7 Å². The highest BCUT2D eigenvalue weighted by atomic mass is 32.1. The Labute approximate surface area is 144 Å². The maximum Gasteiger partial charge on any atom is 0.257 e. The summed E-state index contributed by atoms with van der Waals surface area (Å²) in [7, 11) is 2.05. The van der Waals surface area contributed by atoms with Gasteiger partial charge in [0.05, 0.1) is 4.88 Å². The molecule has 0 spiro atoms. The third-order valence-corrected chi connectivity index (χ3v) is 5.11. The van der Waals surface area contributed by atoms with Crippen molar-refractivity contribution in [2.45, 2.75) is 13.0 Å². The minimum Gasteiger partial charge on any atom is -0.418 e. The van der Waals surface area contributed by atoms with Crippen LogP contribution in [0.25, 0.3) is 21.5 Å². The fourth-order valence-electron chi connectivity index (χ4n) is 2.69. The number of benzene rings is 2. The van der Waals surface area contributed by atoms with Gasteiger partial charge < -0.3 is 9.32 Å². The number of aromatic nitrogens is 2. The molecule has 4 aromatic rings. The van der Waals surface area contributed by atoms with E-state index in [1.54, 1.807) is 11.3 Å². The number of rotatable bonds is 4. The van der Waals surface area contributed by atoms with E-state index < -0.39 is 0 Å². The second-order valence-corrected chi connectivity index (χ2v) is 6.69. The molecule has 0 amide bonds. The lowest BCUT2D eigenvalue weighted by Gasteiger charge is -2.24. The molecule has 0 radical (unpaired) electrons. The molecule has 0 fully saturated rings. The molecule has 0 saturated heterocycles. The van der Waals surface area contributed by atoms with Gasteiger partial charge in [-0.05, 0) is 41.3 Å². The number of nitrogens with zero attached hydrogens (tertiary/aromatic N) is 3. The third kappa shape index (κ3) is 2.67. The summed E-state index contributed by atoms with van der Waals surface area (Å²) in [4.78, 5) is 3.15. The standard InChI is InChI=1S/C19H17N3OS/c1-13(18-20-21-19(23-18)17-8-5-11-24-17)22(2)16-10-9-14-6-3-4-7-15(14)12-16/h3-13H,1-2H3. The van der Waals surface area contributed by atoms with Crippen LogP contribution in [0.5, 0.6) is 0 Å². The fraction of sp³-hybridized carbons (Fsp3) is 0.158. The topological polar surface area (TPSA) is 42.2 Å². The predicted molar refractivity (Wildman–Crippen MR) is 98.4 cm³/mol. The Balaban J connectivity index is 1.62. The van der Waals surface area contributed by atoms with Gasteiger partial charge >= 0.3 is 0 Å². The molecule has 1 unspecified atom stereocenters. The number of fused-ring (bicyclic) bond motifs is 1. The highest BCUT2D eigenvalue weighted by molar-refractivity contribution is 7.13. The van der Waals surface area contributed by atoms with Gasteiger partial charge in [-0.3, -0.25) is 0 Å². The average molecular weight is 335 g/mol. The lowest BCUT2D eigenvalue weighted by molar-refractivity contribution is 0.465. The first-order valence-electron chi connectivity index (χ1n) is 7.81. The van der Waals surface area contributed by atoms with Gasteiger partial charge in [-0.25, -0.2) is 0 Å². The summed E-state index contributed by atoms with van der Waals surface area (Å²) in [6.07, 6.45) is 0. The van der Waals surface area contributed by atoms with E-state index >= 15 is 0 Å². The van der Waals surface area contributed by atoms with Crippen molar-refractivity contribution in [3.8, 4) is 10.8 Å². The van der Waals surface area contributed by atoms with Crippen molar-refractivity contribution >= 4 is 27.8 Å². The van der Waals surface area contributed by atoms with Gasteiger partial charge in [0.2, 0.25) is 5.89 Å². The summed E-state index contributed by atoms with van der Waals surface area (Å²) in [5.41, 5.74) is 1.12. The molecule has 0 aliphatic heterocycles. The molecule has 5 heteroatoms. The van der Waals surface area contributed by atoms with E-state index in [9.17, 15) is 0 Å². The lowest BCUT2D eigenvalue weighted by atomic mass is 10.1. The van der Waals surface area contributed by atoms with E-state index in [2.05, 4.69) is 64.5 Å². The summed E-state index contributed by atoms with van der Waals surface area (Å²) in [5.74, 6) is 1.20. The van der Waals surface area contributed by atoms with E-state index in [4.69, 9.17) is 4.42 Å². The second-order valence-electron chi connectivity index (χ2n) is 5.74. The molecule has 2 aromatic carbocycles. The first-order valence-corrected chi connectivity index (χ1v) is 8.69. The summed E-state index contributed by atoms with van der Waals surface area (Å²) in [6, 6.07) is 18.8. The number of hydrogen-bond donors (Lipinski definition) is 0. The zero-order chi connectivity index (χ0) is 16.5. The van der Waals surface area contributed by atoms with E-state index in [0.717, 1.165) is 10.6 Å². The maximum absolute atomic E-state index is 5.87. The van der Waals surface area contributed by atoms with E-state index in [-0.39, 0.29) is 6.04 Å². The predicted octanol–water partition coefficient (Wildman–Crippen LogP) is 5.15. The molecule has 0 saturated carbocycles. The third-order valence-electron chi connectivity index (χ3n) is 4.25.